The van der Waals surface area contributed by atoms with E-state index in [1.54, 1.807) is 6.08 Å². The number of hydrogen-bond acceptors (Lipinski definition) is 1. The standard InChI is InChI=1S/C35H37N/c1-8-12-13-14-17-27(5)35(26-28(6)31(15-9-2)16-10-3)36-29(7)32-22-24-34(25-23-32)33-20-18-30(11-4)19-21-33/h8-26H,2,4,6H2,1,3,5,7H3/b12-8-,14-13-,16-10-,27-17+,31-15+,35-26-,36-29?. The lowest BCUT2D eigenvalue weighted by atomic mass is 10.0. The summed E-state index contributed by atoms with van der Waals surface area (Å²) < 4.78 is 0. The summed E-state index contributed by atoms with van der Waals surface area (Å²) in [6, 6.07) is 16.9. The highest BCUT2D eigenvalue weighted by molar-refractivity contribution is 6.00. The van der Waals surface area contributed by atoms with Gasteiger partial charge in [0, 0.05) is 5.71 Å². The molecule has 0 aliphatic heterocycles. The highest BCUT2D eigenvalue weighted by Crippen LogP contribution is 2.23. The Hall–Kier alpha value is -4.23. The molecule has 1 nitrogen and oxygen atoms in total. The van der Waals surface area contributed by atoms with E-state index in [-0.39, 0.29) is 0 Å². The Morgan fingerprint density at radius 2 is 1.42 bits per heavy atom. The van der Waals surface area contributed by atoms with Crippen LogP contribution < -0.4 is 0 Å². The van der Waals surface area contributed by atoms with Crippen molar-refractivity contribution in [1.82, 2.24) is 0 Å². The molecule has 2 aromatic rings. The van der Waals surface area contributed by atoms with Crippen molar-refractivity contribution in [3.63, 3.8) is 0 Å². The number of hydrogen-bond donors (Lipinski definition) is 0. The second-order valence-electron chi connectivity index (χ2n) is 8.27. The first kappa shape index (κ1) is 28.0. The summed E-state index contributed by atoms with van der Waals surface area (Å²) in [4.78, 5) is 5.02. The van der Waals surface area contributed by atoms with E-state index in [2.05, 4.69) is 81.3 Å². The molecule has 0 spiro atoms. The maximum Gasteiger partial charge on any atom is 0.0668 e. The monoisotopic (exact) mass is 471 g/mol. The zero-order valence-electron chi connectivity index (χ0n) is 22.0. The Morgan fingerprint density at radius 1 is 0.778 bits per heavy atom. The minimum absolute atomic E-state index is 0.867. The predicted molar refractivity (Wildman–Crippen MR) is 162 cm³/mol. The molecule has 1 heteroatoms. The number of benzene rings is 2. The van der Waals surface area contributed by atoms with E-state index in [9.17, 15) is 0 Å². The van der Waals surface area contributed by atoms with Crippen LogP contribution in [-0.2, 0) is 0 Å². The van der Waals surface area contributed by atoms with Gasteiger partial charge in [0.1, 0.15) is 0 Å². The normalized spacial score (nSPS) is 13.7. The molecule has 0 unspecified atom stereocenters. The van der Waals surface area contributed by atoms with E-state index in [4.69, 9.17) is 4.99 Å². The fraction of sp³-hybridized carbons (Fsp3) is 0.114. The lowest BCUT2D eigenvalue weighted by molar-refractivity contribution is 1.26. The Bertz CT molecular complexity index is 1270. The van der Waals surface area contributed by atoms with Crippen LogP contribution in [0.4, 0.5) is 0 Å². The molecule has 0 fully saturated rings. The molecule has 0 radical (unpaired) electrons. The van der Waals surface area contributed by atoms with Crippen LogP contribution in [0.15, 0.2) is 156 Å². The van der Waals surface area contributed by atoms with Gasteiger partial charge in [-0.1, -0.05) is 129 Å². The SMILES string of the molecule is C=C/C=C(\C=C/C)C(=C)/C=C(N=C(C)c1ccc(-c2ccc(C=C)cc2)cc1)/C(C)=C/C=C\C=C/C. The van der Waals surface area contributed by atoms with Gasteiger partial charge in [0.2, 0.25) is 0 Å². The summed E-state index contributed by atoms with van der Waals surface area (Å²) in [5.41, 5.74) is 9.27. The van der Waals surface area contributed by atoms with Crippen molar-refractivity contribution >= 4 is 11.8 Å². The van der Waals surface area contributed by atoms with E-state index < -0.39 is 0 Å². The second kappa shape index (κ2) is 14.9. The van der Waals surface area contributed by atoms with E-state index >= 15 is 0 Å². The van der Waals surface area contributed by atoms with Crippen LogP contribution in [0.1, 0.15) is 38.8 Å². The molecule has 0 atom stereocenters. The first-order chi connectivity index (χ1) is 17.4. The molecule has 0 heterocycles. The van der Waals surface area contributed by atoms with Crippen LogP contribution >= 0.6 is 0 Å². The molecule has 0 aliphatic carbocycles. The number of aliphatic imine (C=N–C) groups is 1. The van der Waals surface area contributed by atoms with Crippen molar-refractivity contribution in [3.05, 3.63) is 163 Å². The molecule has 0 aliphatic rings. The van der Waals surface area contributed by atoms with E-state index in [1.807, 2.05) is 75.5 Å². The van der Waals surface area contributed by atoms with Crippen molar-refractivity contribution in [1.29, 1.82) is 0 Å². The predicted octanol–water partition coefficient (Wildman–Crippen LogP) is 10.0. The summed E-state index contributed by atoms with van der Waals surface area (Å²) in [6.07, 6.45) is 21.8. The highest BCUT2D eigenvalue weighted by atomic mass is 14.8. The highest BCUT2D eigenvalue weighted by Gasteiger charge is 2.06. The van der Waals surface area contributed by atoms with Crippen LogP contribution in [0.25, 0.3) is 17.2 Å². The van der Waals surface area contributed by atoms with E-state index in [0.29, 0.717) is 0 Å². The topological polar surface area (TPSA) is 12.4 Å². The van der Waals surface area contributed by atoms with E-state index in [0.717, 1.165) is 39.3 Å². The van der Waals surface area contributed by atoms with Crippen molar-refractivity contribution in [2.45, 2.75) is 27.7 Å². The molecule has 0 aromatic heterocycles. The zero-order valence-corrected chi connectivity index (χ0v) is 22.0. The van der Waals surface area contributed by atoms with Gasteiger partial charge in [0.05, 0.1) is 5.70 Å². The average Bonchev–Trinajstić information content (AvgIpc) is 2.90. The first-order valence-corrected chi connectivity index (χ1v) is 12.1. The Morgan fingerprint density at radius 3 is 1.97 bits per heavy atom. The number of rotatable bonds is 11. The number of allylic oxidation sites excluding steroid dienone is 13. The van der Waals surface area contributed by atoms with Gasteiger partial charge in [0.25, 0.3) is 0 Å². The van der Waals surface area contributed by atoms with Crippen LogP contribution in [0.2, 0.25) is 0 Å². The van der Waals surface area contributed by atoms with Gasteiger partial charge in [-0.15, -0.1) is 0 Å². The third-order valence-electron chi connectivity index (χ3n) is 5.56. The summed E-state index contributed by atoms with van der Waals surface area (Å²) in [5, 5.41) is 0. The molecular formula is C35H37N. The minimum atomic E-state index is 0.867. The Balaban J connectivity index is 2.45. The van der Waals surface area contributed by atoms with Crippen molar-refractivity contribution < 1.29 is 0 Å². The number of nitrogens with zero attached hydrogens (tertiary/aromatic N) is 1. The second-order valence-corrected chi connectivity index (χ2v) is 8.27. The van der Waals surface area contributed by atoms with Gasteiger partial charge in [-0.3, -0.25) is 4.99 Å². The lowest BCUT2D eigenvalue weighted by Crippen LogP contribution is -1.97. The van der Waals surface area contributed by atoms with E-state index in [1.165, 1.54) is 11.1 Å². The Kier molecular flexibility index (Phi) is 11.6. The zero-order chi connectivity index (χ0) is 26.3. The molecule has 2 aromatic carbocycles. The molecule has 2 rings (SSSR count). The molecule has 0 saturated heterocycles. The molecule has 0 bridgehead atoms. The van der Waals surface area contributed by atoms with Crippen molar-refractivity contribution in [2.75, 3.05) is 0 Å². The Labute approximate surface area is 218 Å². The van der Waals surface area contributed by atoms with Gasteiger partial charge in [-0.25, -0.2) is 0 Å². The summed E-state index contributed by atoms with van der Waals surface area (Å²) >= 11 is 0. The maximum absolute atomic E-state index is 5.02. The molecule has 182 valence electrons. The van der Waals surface area contributed by atoms with Crippen LogP contribution in [0.3, 0.4) is 0 Å². The van der Waals surface area contributed by atoms with Crippen LogP contribution in [-0.4, -0.2) is 5.71 Å². The van der Waals surface area contributed by atoms with Gasteiger partial charge in [0.15, 0.2) is 0 Å². The fourth-order valence-electron chi connectivity index (χ4n) is 3.48. The van der Waals surface area contributed by atoms with Gasteiger partial charge in [-0.2, -0.15) is 0 Å². The van der Waals surface area contributed by atoms with Gasteiger partial charge in [-0.05, 0) is 72.7 Å². The summed E-state index contributed by atoms with van der Waals surface area (Å²) in [7, 11) is 0. The minimum Gasteiger partial charge on any atom is -0.253 e. The van der Waals surface area contributed by atoms with Gasteiger partial charge >= 0.3 is 0 Å². The van der Waals surface area contributed by atoms with Crippen LogP contribution in [0.5, 0.6) is 0 Å². The molecule has 0 N–H and O–H groups in total. The first-order valence-electron chi connectivity index (χ1n) is 12.1. The molecule has 0 saturated carbocycles. The smallest absolute Gasteiger partial charge is 0.0668 e. The molecular weight excluding hydrogens is 434 g/mol. The fourth-order valence-corrected chi connectivity index (χ4v) is 3.48. The summed E-state index contributed by atoms with van der Waals surface area (Å²) in [6.45, 7) is 20.0. The van der Waals surface area contributed by atoms with Crippen LogP contribution in [0, 0.1) is 0 Å². The average molecular weight is 472 g/mol. The molecule has 0 amide bonds. The van der Waals surface area contributed by atoms with Crippen molar-refractivity contribution in [2.24, 2.45) is 4.99 Å². The third-order valence-corrected chi connectivity index (χ3v) is 5.56. The third kappa shape index (κ3) is 8.52. The summed E-state index contributed by atoms with van der Waals surface area (Å²) in [5.74, 6) is 0. The largest absolute Gasteiger partial charge is 0.253 e. The van der Waals surface area contributed by atoms with Gasteiger partial charge < -0.3 is 0 Å². The quantitative estimate of drug-likeness (QED) is 0.228. The molecule has 36 heavy (non-hydrogen) atoms. The van der Waals surface area contributed by atoms with Crippen molar-refractivity contribution in [3.8, 4) is 11.1 Å². The maximum atomic E-state index is 5.02. The lowest BCUT2D eigenvalue weighted by Gasteiger charge is -2.09.